The molecule has 1 heterocycles. The summed E-state index contributed by atoms with van der Waals surface area (Å²) in [6, 6.07) is 21.5. The van der Waals surface area contributed by atoms with E-state index in [9.17, 15) is 19.5 Å². The number of aromatic carboxylic acids is 1. The molecule has 0 radical (unpaired) electrons. The van der Waals surface area contributed by atoms with Crippen LogP contribution in [0.3, 0.4) is 0 Å². The molecule has 0 fully saturated rings. The maximum Gasteiger partial charge on any atom is 0.337 e. The third-order valence-electron chi connectivity index (χ3n) is 5.52. The normalized spacial score (nSPS) is 11.2. The van der Waals surface area contributed by atoms with E-state index >= 15 is 0 Å². The van der Waals surface area contributed by atoms with Crippen molar-refractivity contribution in [1.29, 1.82) is 0 Å². The summed E-state index contributed by atoms with van der Waals surface area (Å²) in [6.45, 7) is 2.10. The summed E-state index contributed by atoms with van der Waals surface area (Å²) in [7, 11) is 0. The molecule has 1 aromatic heterocycles. The van der Waals surface area contributed by atoms with Gasteiger partial charge in [-0.2, -0.15) is 0 Å². The molecule has 2 amide bonds. The number of amides is 2. The van der Waals surface area contributed by atoms with Crippen molar-refractivity contribution in [2.45, 2.75) is 13.5 Å². The Morgan fingerprint density at radius 3 is 2.34 bits per heavy atom. The number of pyridine rings is 1. The monoisotopic (exact) mass is 465 g/mol. The van der Waals surface area contributed by atoms with Crippen LogP contribution in [0.5, 0.6) is 0 Å². The first-order valence-corrected chi connectivity index (χ1v) is 10.9. The fourth-order valence-electron chi connectivity index (χ4n) is 3.64. The number of benzene rings is 3. The number of hydrogen-bond acceptors (Lipinski definition) is 4. The number of fused-ring (bicyclic) bond motifs is 1. The second kappa shape index (κ2) is 10.4. The Morgan fingerprint density at radius 1 is 0.886 bits per heavy atom. The van der Waals surface area contributed by atoms with E-state index in [1.165, 1.54) is 24.3 Å². The van der Waals surface area contributed by atoms with Crippen LogP contribution in [0.1, 0.15) is 38.8 Å². The number of carboxylic acid groups (broad SMARTS) is 1. The van der Waals surface area contributed by atoms with Gasteiger partial charge in [-0.3, -0.25) is 14.6 Å². The Bertz CT molecular complexity index is 1450. The lowest BCUT2D eigenvalue weighted by Gasteiger charge is -2.11. The van der Waals surface area contributed by atoms with Crippen LogP contribution < -0.4 is 10.6 Å². The summed E-state index contributed by atoms with van der Waals surface area (Å²) in [6.07, 6.45) is 4.67. The fraction of sp³-hybridized carbons (Fsp3) is 0.0714. The van der Waals surface area contributed by atoms with Gasteiger partial charge >= 0.3 is 5.97 Å². The average molecular weight is 466 g/mol. The third kappa shape index (κ3) is 5.78. The SMILES string of the molecule is CC(=CC(=O)Nc1cc(C(=O)NCc2ccncc2)ccc1C(=O)O)c1ccc2ccccc2c1. The summed E-state index contributed by atoms with van der Waals surface area (Å²) in [5.74, 6) is -2.09. The second-order valence-corrected chi connectivity index (χ2v) is 7.98. The van der Waals surface area contributed by atoms with Gasteiger partial charge in [0.1, 0.15) is 0 Å². The Kier molecular flexibility index (Phi) is 6.97. The van der Waals surface area contributed by atoms with E-state index in [1.54, 1.807) is 24.5 Å². The number of carbonyl (C=O) groups is 3. The average Bonchev–Trinajstić information content (AvgIpc) is 2.87. The molecular weight excluding hydrogens is 442 g/mol. The number of nitrogens with zero attached hydrogens (tertiary/aromatic N) is 1. The van der Waals surface area contributed by atoms with E-state index < -0.39 is 17.8 Å². The van der Waals surface area contributed by atoms with Crippen LogP contribution in [0.2, 0.25) is 0 Å². The van der Waals surface area contributed by atoms with Crippen molar-refractivity contribution < 1.29 is 19.5 Å². The maximum absolute atomic E-state index is 12.7. The lowest BCUT2D eigenvalue weighted by atomic mass is 10.0. The number of allylic oxidation sites excluding steroid dienone is 1. The van der Waals surface area contributed by atoms with E-state index in [0.717, 1.165) is 27.5 Å². The molecule has 0 aliphatic carbocycles. The first kappa shape index (κ1) is 23.4. The second-order valence-electron chi connectivity index (χ2n) is 7.98. The summed E-state index contributed by atoms with van der Waals surface area (Å²) in [5, 5.41) is 17.1. The molecule has 0 aliphatic rings. The minimum absolute atomic E-state index is 0.0432. The van der Waals surface area contributed by atoms with Gasteiger partial charge in [0.25, 0.3) is 5.91 Å². The Balaban J connectivity index is 1.52. The van der Waals surface area contributed by atoms with Gasteiger partial charge in [0.15, 0.2) is 0 Å². The van der Waals surface area contributed by atoms with Crippen molar-refractivity contribution in [2.24, 2.45) is 0 Å². The molecule has 174 valence electrons. The Labute approximate surface area is 202 Å². The van der Waals surface area contributed by atoms with Crippen LogP contribution in [0.4, 0.5) is 5.69 Å². The number of carbonyl (C=O) groups excluding carboxylic acids is 2. The molecular formula is C28H23N3O4. The lowest BCUT2D eigenvalue weighted by Crippen LogP contribution is -2.23. The van der Waals surface area contributed by atoms with Crippen molar-refractivity contribution in [1.82, 2.24) is 10.3 Å². The molecule has 0 saturated carbocycles. The molecule has 0 atom stereocenters. The number of hydrogen-bond donors (Lipinski definition) is 3. The Hall–Kier alpha value is -4.78. The van der Waals surface area contributed by atoms with E-state index in [0.29, 0.717) is 0 Å². The smallest absolute Gasteiger partial charge is 0.337 e. The third-order valence-corrected chi connectivity index (χ3v) is 5.52. The van der Waals surface area contributed by atoms with Crippen LogP contribution >= 0.6 is 0 Å². The molecule has 0 saturated heterocycles. The van der Waals surface area contributed by atoms with E-state index in [4.69, 9.17) is 0 Å². The molecule has 35 heavy (non-hydrogen) atoms. The van der Waals surface area contributed by atoms with E-state index in [-0.39, 0.29) is 23.4 Å². The van der Waals surface area contributed by atoms with Gasteiger partial charge < -0.3 is 15.7 Å². The molecule has 0 spiro atoms. The first-order valence-electron chi connectivity index (χ1n) is 10.9. The van der Waals surface area contributed by atoms with Crippen LogP contribution in [-0.4, -0.2) is 27.9 Å². The predicted octanol–water partition coefficient (Wildman–Crippen LogP) is 4.91. The maximum atomic E-state index is 12.7. The lowest BCUT2D eigenvalue weighted by molar-refractivity contribution is -0.111. The highest BCUT2D eigenvalue weighted by Gasteiger charge is 2.16. The molecule has 3 aromatic carbocycles. The van der Waals surface area contributed by atoms with Crippen LogP contribution in [0.15, 0.2) is 91.3 Å². The number of carboxylic acids is 1. The van der Waals surface area contributed by atoms with Gasteiger partial charge in [0.05, 0.1) is 11.3 Å². The Morgan fingerprint density at radius 2 is 1.60 bits per heavy atom. The minimum atomic E-state index is -1.21. The summed E-state index contributed by atoms with van der Waals surface area (Å²) in [4.78, 5) is 41.0. The molecule has 0 aliphatic heterocycles. The molecule has 4 aromatic rings. The fourth-order valence-corrected chi connectivity index (χ4v) is 3.64. The highest BCUT2D eigenvalue weighted by atomic mass is 16.4. The quantitative estimate of drug-likeness (QED) is 0.336. The van der Waals surface area contributed by atoms with Crippen molar-refractivity contribution in [3.63, 3.8) is 0 Å². The van der Waals surface area contributed by atoms with Gasteiger partial charge in [-0.1, -0.05) is 36.4 Å². The van der Waals surface area contributed by atoms with Gasteiger partial charge in [-0.25, -0.2) is 4.79 Å². The van der Waals surface area contributed by atoms with Gasteiger partial charge in [0, 0.05) is 30.6 Å². The highest BCUT2D eigenvalue weighted by molar-refractivity contribution is 6.08. The van der Waals surface area contributed by atoms with Crippen molar-refractivity contribution >= 4 is 39.8 Å². The van der Waals surface area contributed by atoms with Crippen molar-refractivity contribution in [3.8, 4) is 0 Å². The summed E-state index contributed by atoms with van der Waals surface area (Å²) < 4.78 is 0. The topological polar surface area (TPSA) is 108 Å². The largest absolute Gasteiger partial charge is 0.478 e. The predicted molar refractivity (Wildman–Crippen MR) is 135 cm³/mol. The summed E-state index contributed by atoms with van der Waals surface area (Å²) in [5.41, 5.74) is 2.63. The van der Waals surface area contributed by atoms with Crippen molar-refractivity contribution in [2.75, 3.05) is 5.32 Å². The molecule has 0 bridgehead atoms. The van der Waals surface area contributed by atoms with Crippen molar-refractivity contribution in [3.05, 3.63) is 114 Å². The van der Waals surface area contributed by atoms with Crippen LogP contribution in [-0.2, 0) is 11.3 Å². The van der Waals surface area contributed by atoms with E-state index in [1.807, 2.05) is 49.4 Å². The highest BCUT2D eigenvalue weighted by Crippen LogP contribution is 2.22. The van der Waals surface area contributed by atoms with Gasteiger partial charge in [-0.15, -0.1) is 0 Å². The van der Waals surface area contributed by atoms with E-state index in [2.05, 4.69) is 15.6 Å². The first-order chi connectivity index (χ1) is 16.9. The van der Waals surface area contributed by atoms with Gasteiger partial charge in [0.2, 0.25) is 5.91 Å². The number of anilines is 1. The molecule has 7 nitrogen and oxygen atoms in total. The number of nitrogens with one attached hydrogen (secondary N) is 2. The standard InChI is InChI=1S/C28H23N3O4/c1-18(21-7-6-20-4-2-3-5-22(20)15-21)14-26(32)31-25-16-23(8-9-24(25)28(34)35)27(33)30-17-19-10-12-29-13-11-19/h2-16H,17H2,1H3,(H,30,33)(H,31,32)(H,34,35). The molecule has 3 N–H and O–H groups in total. The zero-order valence-corrected chi connectivity index (χ0v) is 19.0. The minimum Gasteiger partial charge on any atom is -0.478 e. The number of rotatable bonds is 7. The zero-order chi connectivity index (χ0) is 24.8. The zero-order valence-electron chi connectivity index (χ0n) is 19.0. The molecule has 0 unspecified atom stereocenters. The molecule has 4 rings (SSSR count). The number of aromatic nitrogens is 1. The molecule has 7 heteroatoms. The van der Waals surface area contributed by atoms with Crippen LogP contribution in [0, 0.1) is 0 Å². The summed E-state index contributed by atoms with van der Waals surface area (Å²) >= 11 is 0. The van der Waals surface area contributed by atoms with Gasteiger partial charge in [-0.05, 0) is 70.8 Å². The van der Waals surface area contributed by atoms with Crippen LogP contribution in [0.25, 0.3) is 16.3 Å².